The molecule has 1 aromatic carbocycles. The van der Waals surface area contributed by atoms with Gasteiger partial charge in [0.05, 0.1) is 18.2 Å². The summed E-state index contributed by atoms with van der Waals surface area (Å²) in [6.07, 6.45) is -3.96. The van der Waals surface area contributed by atoms with Gasteiger partial charge >= 0.3 is 6.18 Å². The van der Waals surface area contributed by atoms with E-state index < -0.39 is 12.6 Å². The molecule has 0 aliphatic heterocycles. The lowest BCUT2D eigenvalue weighted by Crippen LogP contribution is -2.12. The zero-order valence-corrected chi connectivity index (χ0v) is 8.66. The molecule has 90 valence electrons. The molecular formula is C11H9F3N2O. The highest BCUT2D eigenvalue weighted by atomic mass is 19.4. The Hall–Kier alpha value is -1.98. The maximum atomic E-state index is 12.4. The maximum Gasteiger partial charge on any atom is 0.393 e. The molecule has 0 spiro atoms. The molecule has 0 radical (unpaired) electrons. The van der Waals surface area contributed by atoms with Gasteiger partial charge in [-0.3, -0.25) is 0 Å². The zero-order chi connectivity index (χ0) is 12.5. The highest BCUT2D eigenvalue weighted by Crippen LogP contribution is 2.32. The Morgan fingerprint density at radius 3 is 2.47 bits per heavy atom. The van der Waals surface area contributed by atoms with Crippen molar-refractivity contribution in [3.63, 3.8) is 0 Å². The van der Waals surface area contributed by atoms with E-state index in [4.69, 9.17) is 5.73 Å². The first-order valence-electron chi connectivity index (χ1n) is 4.82. The van der Waals surface area contributed by atoms with Crippen LogP contribution in [0.4, 0.5) is 19.1 Å². The molecule has 2 aromatic rings. The lowest BCUT2D eigenvalue weighted by Gasteiger charge is -2.10. The lowest BCUT2D eigenvalue weighted by molar-refractivity contribution is -0.127. The molecule has 2 N–H and O–H groups in total. The van der Waals surface area contributed by atoms with E-state index in [9.17, 15) is 13.2 Å². The summed E-state index contributed by atoms with van der Waals surface area (Å²) in [6.45, 7) is 0. The Kier molecular flexibility index (Phi) is 2.79. The molecule has 0 fully saturated rings. The summed E-state index contributed by atoms with van der Waals surface area (Å²) in [5, 5.41) is 3.45. The number of hydrogen-bond donors (Lipinski definition) is 1. The van der Waals surface area contributed by atoms with Crippen LogP contribution >= 0.6 is 0 Å². The fourth-order valence-corrected chi connectivity index (χ4v) is 1.60. The van der Waals surface area contributed by atoms with Crippen LogP contribution < -0.4 is 5.73 Å². The number of alkyl halides is 3. The topological polar surface area (TPSA) is 52.0 Å². The average molecular weight is 242 g/mol. The molecule has 1 heterocycles. The van der Waals surface area contributed by atoms with E-state index in [0.717, 1.165) is 0 Å². The minimum atomic E-state index is -4.26. The zero-order valence-electron chi connectivity index (χ0n) is 8.66. The van der Waals surface area contributed by atoms with Crippen LogP contribution in [-0.2, 0) is 6.42 Å². The SMILES string of the molecule is Nc1oncc1-c1ccccc1CC(F)(F)F. The van der Waals surface area contributed by atoms with Crippen molar-refractivity contribution in [3.05, 3.63) is 36.0 Å². The highest BCUT2D eigenvalue weighted by Gasteiger charge is 2.29. The van der Waals surface area contributed by atoms with Crippen LogP contribution in [0.2, 0.25) is 0 Å². The molecule has 0 amide bonds. The van der Waals surface area contributed by atoms with E-state index >= 15 is 0 Å². The van der Waals surface area contributed by atoms with Gasteiger partial charge in [-0.2, -0.15) is 13.2 Å². The fraction of sp³-hybridized carbons (Fsp3) is 0.182. The third-order valence-electron chi connectivity index (χ3n) is 2.30. The van der Waals surface area contributed by atoms with Crippen LogP contribution in [0.1, 0.15) is 5.56 Å². The average Bonchev–Trinajstić information content (AvgIpc) is 2.63. The van der Waals surface area contributed by atoms with Crippen LogP contribution in [0, 0.1) is 0 Å². The Bertz CT molecular complexity index is 519. The van der Waals surface area contributed by atoms with Gasteiger partial charge in [-0.05, 0) is 11.1 Å². The van der Waals surface area contributed by atoms with Crippen molar-refractivity contribution in [2.45, 2.75) is 12.6 Å². The molecule has 0 aliphatic carbocycles. The van der Waals surface area contributed by atoms with Gasteiger partial charge in [0.2, 0.25) is 5.88 Å². The van der Waals surface area contributed by atoms with Crippen molar-refractivity contribution in [3.8, 4) is 11.1 Å². The minimum absolute atomic E-state index is 0.0135. The van der Waals surface area contributed by atoms with Gasteiger partial charge in [-0.15, -0.1) is 0 Å². The van der Waals surface area contributed by atoms with Gasteiger partial charge in [-0.1, -0.05) is 29.4 Å². The van der Waals surface area contributed by atoms with Gasteiger partial charge < -0.3 is 10.3 Å². The van der Waals surface area contributed by atoms with E-state index in [1.165, 1.54) is 12.3 Å². The molecule has 0 atom stereocenters. The summed E-state index contributed by atoms with van der Waals surface area (Å²) in [5.74, 6) is 0.0135. The van der Waals surface area contributed by atoms with Crippen molar-refractivity contribution in [1.29, 1.82) is 0 Å². The molecule has 0 aliphatic rings. The van der Waals surface area contributed by atoms with Crippen LogP contribution in [0.5, 0.6) is 0 Å². The molecular weight excluding hydrogens is 233 g/mol. The Morgan fingerprint density at radius 1 is 1.18 bits per heavy atom. The summed E-state index contributed by atoms with van der Waals surface area (Å²) >= 11 is 0. The lowest BCUT2D eigenvalue weighted by atomic mass is 9.99. The first-order valence-corrected chi connectivity index (χ1v) is 4.82. The van der Waals surface area contributed by atoms with Crippen molar-refractivity contribution in [2.75, 3.05) is 5.73 Å². The number of halogens is 3. The first kappa shape index (κ1) is 11.5. The molecule has 3 nitrogen and oxygen atoms in total. The van der Waals surface area contributed by atoms with Gasteiger partial charge in [0.1, 0.15) is 0 Å². The molecule has 6 heteroatoms. The van der Waals surface area contributed by atoms with E-state index in [1.807, 2.05) is 0 Å². The van der Waals surface area contributed by atoms with Crippen LogP contribution in [0.15, 0.2) is 35.0 Å². The van der Waals surface area contributed by atoms with Crippen molar-refractivity contribution < 1.29 is 17.7 Å². The second kappa shape index (κ2) is 4.12. The smallest absolute Gasteiger partial charge is 0.367 e. The van der Waals surface area contributed by atoms with Gasteiger partial charge in [-0.25, -0.2) is 0 Å². The van der Waals surface area contributed by atoms with Gasteiger partial charge in [0.25, 0.3) is 0 Å². The number of hydrogen-bond acceptors (Lipinski definition) is 3. The normalized spacial score (nSPS) is 11.7. The summed E-state index contributed by atoms with van der Waals surface area (Å²) in [4.78, 5) is 0. The molecule has 0 saturated carbocycles. The second-order valence-corrected chi connectivity index (χ2v) is 3.55. The largest absolute Gasteiger partial charge is 0.393 e. The predicted molar refractivity (Wildman–Crippen MR) is 56.1 cm³/mol. The molecule has 1 aromatic heterocycles. The van der Waals surface area contributed by atoms with Crippen molar-refractivity contribution >= 4 is 5.88 Å². The molecule has 17 heavy (non-hydrogen) atoms. The number of benzene rings is 1. The van der Waals surface area contributed by atoms with E-state index in [0.29, 0.717) is 11.1 Å². The van der Waals surface area contributed by atoms with Crippen LogP contribution in [0.25, 0.3) is 11.1 Å². The number of nitrogens with zero attached hydrogens (tertiary/aromatic N) is 1. The summed E-state index contributed by atoms with van der Waals surface area (Å²) in [5.41, 5.74) is 6.41. The molecule has 0 bridgehead atoms. The Balaban J connectivity index is 2.45. The Labute approximate surface area is 95.0 Å². The standard InChI is InChI=1S/C11H9F3N2O/c12-11(13,14)5-7-3-1-2-4-8(7)9-6-16-17-10(9)15/h1-4,6H,5,15H2. The summed E-state index contributed by atoms with van der Waals surface area (Å²) in [6, 6.07) is 6.16. The summed E-state index contributed by atoms with van der Waals surface area (Å²) in [7, 11) is 0. The predicted octanol–water partition coefficient (Wildman–Crippen LogP) is 3.03. The first-order chi connectivity index (χ1) is 7.97. The number of nitrogens with two attached hydrogens (primary N) is 1. The van der Waals surface area contributed by atoms with Gasteiger partial charge in [0, 0.05) is 0 Å². The van der Waals surface area contributed by atoms with Crippen molar-refractivity contribution in [1.82, 2.24) is 5.16 Å². The fourth-order valence-electron chi connectivity index (χ4n) is 1.60. The second-order valence-electron chi connectivity index (χ2n) is 3.55. The van der Waals surface area contributed by atoms with E-state index in [2.05, 4.69) is 9.68 Å². The molecule has 0 saturated heterocycles. The number of anilines is 1. The Morgan fingerprint density at radius 2 is 1.88 bits per heavy atom. The highest BCUT2D eigenvalue weighted by molar-refractivity contribution is 5.74. The third kappa shape index (κ3) is 2.58. The molecule has 2 rings (SSSR count). The van der Waals surface area contributed by atoms with E-state index in [1.54, 1.807) is 18.2 Å². The number of aromatic nitrogens is 1. The van der Waals surface area contributed by atoms with E-state index in [-0.39, 0.29) is 11.4 Å². The number of nitrogen functional groups attached to an aromatic ring is 1. The van der Waals surface area contributed by atoms with Crippen LogP contribution in [0.3, 0.4) is 0 Å². The summed E-state index contributed by atoms with van der Waals surface area (Å²) < 4.78 is 41.8. The third-order valence-corrected chi connectivity index (χ3v) is 2.30. The minimum Gasteiger partial charge on any atom is -0.367 e. The molecule has 0 unspecified atom stereocenters. The van der Waals surface area contributed by atoms with Crippen molar-refractivity contribution in [2.24, 2.45) is 0 Å². The quantitative estimate of drug-likeness (QED) is 0.880. The monoisotopic (exact) mass is 242 g/mol. The maximum absolute atomic E-state index is 12.4. The number of rotatable bonds is 2. The van der Waals surface area contributed by atoms with Crippen LogP contribution in [-0.4, -0.2) is 11.3 Å². The van der Waals surface area contributed by atoms with Gasteiger partial charge in [0.15, 0.2) is 0 Å².